The molecule has 2 aromatic carbocycles. The van der Waals surface area contributed by atoms with Crippen molar-refractivity contribution < 1.29 is 14.1 Å². The minimum atomic E-state index is -0.455. The maximum atomic E-state index is 13.2. The zero-order chi connectivity index (χ0) is 21.1. The summed E-state index contributed by atoms with van der Waals surface area (Å²) in [5, 5.41) is 13.2. The topological polar surface area (TPSA) is 95.5 Å². The molecule has 150 valence electrons. The predicted octanol–water partition coefficient (Wildman–Crippen LogP) is 5.39. The zero-order valence-electron chi connectivity index (χ0n) is 15.9. The van der Waals surface area contributed by atoms with Gasteiger partial charge in [0.05, 0.1) is 33.7 Å². The second-order valence-electron chi connectivity index (χ2n) is 6.32. The van der Waals surface area contributed by atoms with Gasteiger partial charge in [0.25, 0.3) is 5.69 Å². The zero-order valence-corrected chi connectivity index (χ0v) is 16.7. The molecule has 0 N–H and O–H groups in total. The highest BCUT2D eigenvalue weighted by Crippen LogP contribution is 2.28. The monoisotopic (exact) mass is 420 g/mol. The highest BCUT2D eigenvalue weighted by molar-refractivity contribution is 7.07. The largest absolute Gasteiger partial charge is 0.494 e. The van der Waals surface area contributed by atoms with Gasteiger partial charge in [-0.15, -0.1) is 11.3 Å². The van der Waals surface area contributed by atoms with E-state index in [9.17, 15) is 14.9 Å². The van der Waals surface area contributed by atoms with E-state index in [1.165, 1.54) is 23.5 Å². The molecule has 0 saturated heterocycles. The van der Waals surface area contributed by atoms with E-state index in [0.717, 1.165) is 0 Å². The number of nitrogens with zero attached hydrogens (tertiary/aromatic N) is 2. The van der Waals surface area contributed by atoms with Crippen LogP contribution in [0.5, 0.6) is 5.75 Å². The minimum absolute atomic E-state index is 0.0156. The number of ether oxygens (including phenoxy) is 1. The second kappa shape index (κ2) is 8.30. The maximum Gasteiger partial charge on any atom is 0.270 e. The molecule has 30 heavy (non-hydrogen) atoms. The molecule has 0 fully saturated rings. The average Bonchev–Trinajstić information content (AvgIpc) is 3.27. The summed E-state index contributed by atoms with van der Waals surface area (Å²) in [6.07, 6.45) is 3.29. The molecule has 0 aliphatic carbocycles. The van der Waals surface area contributed by atoms with Crippen LogP contribution in [0.1, 0.15) is 18.2 Å². The Labute approximate surface area is 175 Å². The number of aromatic nitrogens is 1. The maximum absolute atomic E-state index is 13.2. The van der Waals surface area contributed by atoms with Crippen LogP contribution >= 0.6 is 11.3 Å². The molecule has 2 aromatic heterocycles. The summed E-state index contributed by atoms with van der Waals surface area (Å²) >= 11 is 1.38. The lowest BCUT2D eigenvalue weighted by atomic mass is 10.1. The smallest absolute Gasteiger partial charge is 0.270 e. The average molecular weight is 420 g/mol. The Morgan fingerprint density at radius 1 is 1.23 bits per heavy atom. The first-order valence-electron chi connectivity index (χ1n) is 9.11. The minimum Gasteiger partial charge on any atom is -0.494 e. The van der Waals surface area contributed by atoms with Gasteiger partial charge in [-0.3, -0.25) is 14.9 Å². The van der Waals surface area contributed by atoms with E-state index >= 15 is 0 Å². The fourth-order valence-corrected chi connectivity index (χ4v) is 3.60. The third-order valence-electron chi connectivity index (χ3n) is 4.40. The summed E-state index contributed by atoms with van der Waals surface area (Å²) in [7, 11) is 0. The van der Waals surface area contributed by atoms with E-state index in [1.54, 1.807) is 53.4 Å². The van der Waals surface area contributed by atoms with Crippen molar-refractivity contribution in [2.75, 3.05) is 6.61 Å². The van der Waals surface area contributed by atoms with Gasteiger partial charge in [0.15, 0.2) is 0 Å². The molecule has 0 unspecified atom stereocenters. The quantitative estimate of drug-likeness (QED) is 0.306. The number of rotatable bonds is 6. The Morgan fingerprint density at radius 2 is 2.10 bits per heavy atom. The standard InChI is InChI=1S/C22H16N2O5S/c1-2-28-16-7-8-17-20(11-16)29-19(21(22(17)25)18-12-30-13-23-18)9-6-14-4-3-5-15(10-14)24(26)27/h3-13H,2H2,1H3. The van der Waals surface area contributed by atoms with Crippen molar-refractivity contribution in [2.24, 2.45) is 0 Å². The molecule has 8 heteroatoms. The van der Waals surface area contributed by atoms with Gasteiger partial charge in [-0.05, 0) is 30.7 Å². The molecule has 0 aliphatic heterocycles. The van der Waals surface area contributed by atoms with E-state index in [0.29, 0.717) is 45.9 Å². The lowest BCUT2D eigenvalue weighted by Crippen LogP contribution is -2.08. The molecule has 0 atom stereocenters. The van der Waals surface area contributed by atoms with Gasteiger partial charge in [-0.25, -0.2) is 4.98 Å². The summed E-state index contributed by atoms with van der Waals surface area (Å²) < 4.78 is 11.6. The highest BCUT2D eigenvalue weighted by Gasteiger charge is 2.17. The fourth-order valence-electron chi connectivity index (χ4n) is 3.06. The lowest BCUT2D eigenvalue weighted by molar-refractivity contribution is -0.384. The molecule has 4 rings (SSSR count). The van der Waals surface area contributed by atoms with Crippen molar-refractivity contribution in [1.29, 1.82) is 0 Å². The highest BCUT2D eigenvalue weighted by atomic mass is 32.1. The summed E-state index contributed by atoms with van der Waals surface area (Å²) in [5.41, 5.74) is 3.29. The predicted molar refractivity (Wildman–Crippen MR) is 117 cm³/mol. The number of nitro benzene ring substituents is 1. The van der Waals surface area contributed by atoms with Crippen molar-refractivity contribution in [3.05, 3.63) is 85.0 Å². The molecular formula is C22H16N2O5S. The molecule has 0 aliphatic rings. The van der Waals surface area contributed by atoms with Crippen molar-refractivity contribution in [3.63, 3.8) is 0 Å². The molecule has 0 bridgehead atoms. The molecule has 0 saturated carbocycles. The van der Waals surface area contributed by atoms with E-state index in [-0.39, 0.29) is 11.1 Å². The summed E-state index contributed by atoms with van der Waals surface area (Å²) in [4.78, 5) is 28.0. The van der Waals surface area contributed by atoms with Gasteiger partial charge < -0.3 is 9.15 Å². The Balaban J connectivity index is 1.88. The van der Waals surface area contributed by atoms with Crippen LogP contribution in [0, 0.1) is 10.1 Å². The third-order valence-corrected chi connectivity index (χ3v) is 4.99. The molecule has 0 spiro atoms. The van der Waals surface area contributed by atoms with Crippen molar-refractivity contribution in [2.45, 2.75) is 6.92 Å². The van der Waals surface area contributed by atoms with Crippen LogP contribution in [0.3, 0.4) is 0 Å². The number of fused-ring (bicyclic) bond motifs is 1. The van der Waals surface area contributed by atoms with Gasteiger partial charge in [-0.1, -0.05) is 18.2 Å². The fraction of sp³-hybridized carbons (Fsp3) is 0.0909. The summed E-state index contributed by atoms with van der Waals surface area (Å²) in [5.74, 6) is 0.918. The van der Waals surface area contributed by atoms with Crippen molar-refractivity contribution in [3.8, 4) is 17.0 Å². The number of benzene rings is 2. The van der Waals surface area contributed by atoms with Gasteiger partial charge in [0.1, 0.15) is 17.1 Å². The van der Waals surface area contributed by atoms with Crippen LogP contribution in [0.15, 0.2) is 62.6 Å². The Kier molecular flexibility index (Phi) is 5.40. The van der Waals surface area contributed by atoms with E-state index < -0.39 is 4.92 Å². The SMILES string of the molecule is CCOc1ccc2c(=O)c(-c3cscn3)c(C=Cc3cccc([N+](=O)[O-])c3)oc2c1. The van der Waals surface area contributed by atoms with Gasteiger partial charge >= 0.3 is 0 Å². The molecule has 2 heterocycles. The Hall–Kier alpha value is -3.78. The van der Waals surface area contributed by atoms with Crippen molar-refractivity contribution in [1.82, 2.24) is 4.98 Å². The molecule has 0 amide bonds. The molecule has 7 nitrogen and oxygen atoms in total. The van der Waals surface area contributed by atoms with Crippen LogP contribution < -0.4 is 10.2 Å². The van der Waals surface area contributed by atoms with Crippen molar-refractivity contribution >= 4 is 40.1 Å². The molecule has 4 aromatic rings. The number of hydrogen-bond acceptors (Lipinski definition) is 7. The van der Waals surface area contributed by atoms with E-state index in [4.69, 9.17) is 9.15 Å². The number of thiazole rings is 1. The first-order valence-corrected chi connectivity index (χ1v) is 10.1. The molecule has 0 radical (unpaired) electrons. The lowest BCUT2D eigenvalue weighted by Gasteiger charge is -2.08. The van der Waals surface area contributed by atoms with E-state index in [2.05, 4.69) is 4.98 Å². The normalized spacial score (nSPS) is 11.2. The number of hydrogen-bond donors (Lipinski definition) is 0. The molecular weight excluding hydrogens is 404 g/mol. The Morgan fingerprint density at radius 3 is 2.83 bits per heavy atom. The van der Waals surface area contributed by atoms with Crippen LogP contribution in [0.25, 0.3) is 34.4 Å². The van der Waals surface area contributed by atoms with Crippen LogP contribution in [0.2, 0.25) is 0 Å². The van der Waals surface area contributed by atoms with Gasteiger partial charge in [0.2, 0.25) is 5.43 Å². The second-order valence-corrected chi connectivity index (χ2v) is 7.04. The van der Waals surface area contributed by atoms with Gasteiger partial charge in [0, 0.05) is 23.6 Å². The van der Waals surface area contributed by atoms with Gasteiger partial charge in [-0.2, -0.15) is 0 Å². The summed E-state index contributed by atoms with van der Waals surface area (Å²) in [6.45, 7) is 2.37. The third kappa shape index (κ3) is 3.85. The Bertz CT molecular complexity index is 1310. The number of nitro groups is 1. The summed E-state index contributed by atoms with van der Waals surface area (Å²) in [6, 6.07) is 11.3. The van der Waals surface area contributed by atoms with Crippen LogP contribution in [-0.2, 0) is 0 Å². The van der Waals surface area contributed by atoms with E-state index in [1.807, 2.05) is 6.92 Å². The van der Waals surface area contributed by atoms with Crippen LogP contribution in [0.4, 0.5) is 5.69 Å². The first kappa shape index (κ1) is 19.5. The first-order chi connectivity index (χ1) is 14.6. The van der Waals surface area contributed by atoms with Crippen LogP contribution in [-0.4, -0.2) is 16.5 Å². The number of non-ortho nitro benzene ring substituents is 1.